The Kier molecular flexibility index (Phi) is 2.76. The molecule has 0 aromatic rings. The summed E-state index contributed by atoms with van der Waals surface area (Å²) in [4.78, 5) is 11.9. The lowest BCUT2D eigenvalue weighted by Crippen LogP contribution is -2.78. The number of hydrogen-bond acceptors (Lipinski definition) is 5. The van der Waals surface area contributed by atoms with E-state index in [1.165, 1.54) is 13.8 Å². The van der Waals surface area contributed by atoms with Crippen LogP contribution in [-0.2, 0) is 19.6 Å². The minimum Gasteiger partial charge on any atom is -0.376 e. The van der Waals surface area contributed by atoms with Crippen molar-refractivity contribution in [2.75, 3.05) is 6.61 Å². The van der Waals surface area contributed by atoms with Gasteiger partial charge in [0.1, 0.15) is 0 Å². The third-order valence-corrected chi connectivity index (χ3v) is 5.99. The highest BCUT2D eigenvalue weighted by Gasteiger charge is 2.66. The van der Waals surface area contributed by atoms with Gasteiger partial charge in [0.15, 0.2) is 4.75 Å². The first kappa shape index (κ1) is 12.8. The molecule has 3 unspecified atom stereocenters. The molecule has 2 N–H and O–H groups in total. The van der Waals surface area contributed by atoms with E-state index in [0.717, 1.165) is 4.31 Å². The molecule has 98 valence electrons. The van der Waals surface area contributed by atoms with Crippen molar-refractivity contribution in [3.63, 3.8) is 0 Å². The number of nitrogens with zero attached hydrogens (tertiary/aromatic N) is 1. The molecule has 0 aromatic heterocycles. The van der Waals surface area contributed by atoms with Crippen LogP contribution in [0, 0.1) is 0 Å². The van der Waals surface area contributed by atoms with Gasteiger partial charge in [-0.15, -0.1) is 0 Å². The lowest BCUT2D eigenvalue weighted by molar-refractivity contribution is -0.143. The number of carbonyl (C=O) groups is 1. The van der Waals surface area contributed by atoms with Crippen LogP contribution in [0.1, 0.15) is 27.2 Å². The fourth-order valence-corrected chi connectivity index (χ4v) is 4.06. The van der Waals surface area contributed by atoms with Gasteiger partial charge in [0, 0.05) is 12.6 Å². The van der Waals surface area contributed by atoms with Gasteiger partial charge in [0.25, 0.3) is 15.9 Å². The lowest BCUT2D eigenvalue weighted by Gasteiger charge is -2.54. The molecule has 0 aromatic carbocycles. The first-order chi connectivity index (χ1) is 7.75. The Morgan fingerprint density at radius 1 is 1.53 bits per heavy atom. The summed E-state index contributed by atoms with van der Waals surface area (Å²) in [5.41, 5.74) is 5.79. The zero-order chi connectivity index (χ0) is 13.0. The average molecular weight is 262 g/mol. The van der Waals surface area contributed by atoms with Crippen molar-refractivity contribution >= 4 is 15.9 Å². The number of carbonyl (C=O) groups excluding carboxylic acids is 1. The van der Waals surface area contributed by atoms with Crippen LogP contribution in [0.25, 0.3) is 0 Å². The fraction of sp³-hybridized carbons (Fsp3) is 0.900. The Hall–Kier alpha value is -0.660. The lowest BCUT2D eigenvalue weighted by atomic mass is 9.83. The summed E-state index contributed by atoms with van der Waals surface area (Å²) in [6.45, 7) is 5.15. The Morgan fingerprint density at radius 2 is 2.12 bits per heavy atom. The molecule has 1 aliphatic carbocycles. The molecule has 1 heterocycles. The van der Waals surface area contributed by atoms with E-state index in [9.17, 15) is 13.2 Å². The first-order valence-electron chi connectivity index (χ1n) is 5.70. The normalized spacial score (nSPS) is 38.5. The molecule has 1 amide bonds. The van der Waals surface area contributed by atoms with Crippen LogP contribution >= 0.6 is 0 Å². The molecular weight excluding hydrogens is 244 g/mol. The van der Waals surface area contributed by atoms with E-state index in [-0.39, 0.29) is 18.1 Å². The number of amides is 1. The quantitative estimate of drug-likeness (QED) is 0.736. The molecule has 6 nitrogen and oxygen atoms in total. The van der Waals surface area contributed by atoms with Gasteiger partial charge >= 0.3 is 0 Å². The molecule has 2 fully saturated rings. The van der Waals surface area contributed by atoms with Gasteiger partial charge in [-0.25, -0.2) is 12.7 Å². The van der Waals surface area contributed by atoms with Gasteiger partial charge < -0.3 is 10.5 Å². The fourth-order valence-electron chi connectivity index (χ4n) is 2.32. The summed E-state index contributed by atoms with van der Waals surface area (Å²) >= 11 is 0. The topological polar surface area (TPSA) is 89.7 Å². The van der Waals surface area contributed by atoms with Crippen LogP contribution in [0.3, 0.4) is 0 Å². The highest BCUT2D eigenvalue weighted by atomic mass is 32.2. The van der Waals surface area contributed by atoms with E-state index in [4.69, 9.17) is 10.5 Å². The molecule has 7 heteroatoms. The molecule has 0 radical (unpaired) electrons. The second-order valence-electron chi connectivity index (χ2n) is 5.00. The zero-order valence-electron chi connectivity index (χ0n) is 10.2. The zero-order valence-corrected chi connectivity index (χ0v) is 11.0. The van der Waals surface area contributed by atoms with Crippen molar-refractivity contribution in [2.45, 2.75) is 50.1 Å². The Labute approximate surface area is 101 Å². The van der Waals surface area contributed by atoms with E-state index in [0.29, 0.717) is 13.0 Å². The van der Waals surface area contributed by atoms with Crippen molar-refractivity contribution in [1.29, 1.82) is 0 Å². The maximum absolute atomic E-state index is 12.0. The molecule has 3 atom stereocenters. The Balaban J connectivity index is 2.22. The number of rotatable bonds is 3. The van der Waals surface area contributed by atoms with Crippen LogP contribution in [-0.4, -0.2) is 48.2 Å². The van der Waals surface area contributed by atoms with Crippen LogP contribution < -0.4 is 5.73 Å². The van der Waals surface area contributed by atoms with Crippen LogP contribution in [0.4, 0.5) is 0 Å². The van der Waals surface area contributed by atoms with Gasteiger partial charge in [0.2, 0.25) is 0 Å². The number of hydrogen-bond donors (Lipinski definition) is 1. The summed E-state index contributed by atoms with van der Waals surface area (Å²) in [5.74, 6) is -0.387. The molecule has 1 aliphatic heterocycles. The number of sulfonamides is 1. The minimum absolute atomic E-state index is 0.259. The summed E-state index contributed by atoms with van der Waals surface area (Å²) in [6, 6.07) is -0.846. The molecule has 2 rings (SSSR count). The predicted molar refractivity (Wildman–Crippen MR) is 61.6 cm³/mol. The number of ether oxygens (including phenoxy) is 1. The molecule has 0 spiro atoms. The van der Waals surface area contributed by atoms with E-state index < -0.39 is 20.8 Å². The third kappa shape index (κ3) is 1.45. The largest absolute Gasteiger partial charge is 0.376 e. The molecule has 1 saturated heterocycles. The molecule has 17 heavy (non-hydrogen) atoms. The van der Waals surface area contributed by atoms with Gasteiger partial charge in [0.05, 0.1) is 12.1 Å². The smallest absolute Gasteiger partial charge is 0.259 e. The highest BCUT2D eigenvalue weighted by molar-refractivity contribution is 7.94. The molecule has 1 saturated carbocycles. The van der Waals surface area contributed by atoms with Crippen molar-refractivity contribution in [3.05, 3.63) is 0 Å². The first-order valence-corrected chi connectivity index (χ1v) is 7.14. The van der Waals surface area contributed by atoms with Crippen molar-refractivity contribution in [1.82, 2.24) is 4.31 Å². The highest BCUT2D eigenvalue weighted by Crippen LogP contribution is 2.42. The van der Waals surface area contributed by atoms with Gasteiger partial charge in [-0.05, 0) is 27.2 Å². The van der Waals surface area contributed by atoms with Gasteiger partial charge in [-0.2, -0.15) is 0 Å². The van der Waals surface area contributed by atoms with Crippen molar-refractivity contribution < 1.29 is 17.9 Å². The number of nitrogens with two attached hydrogens (primary N) is 1. The SMILES string of the molecule is CCOC1CC(N)C1N1C(=O)C(C)(C)S1(=O)=O. The Morgan fingerprint density at radius 3 is 2.53 bits per heavy atom. The molecule has 0 bridgehead atoms. The standard InChI is InChI=1S/C10H18N2O4S/c1-4-16-7-5-6(11)8(7)12-9(13)10(2,3)17(12,14)15/h6-8H,4-5,11H2,1-3H3. The van der Waals surface area contributed by atoms with Crippen LogP contribution in [0.2, 0.25) is 0 Å². The monoisotopic (exact) mass is 262 g/mol. The van der Waals surface area contributed by atoms with E-state index in [1.807, 2.05) is 6.92 Å². The van der Waals surface area contributed by atoms with Gasteiger partial charge in [-0.3, -0.25) is 4.79 Å². The van der Waals surface area contributed by atoms with E-state index in [1.54, 1.807) is 0 Å². The summed E-state index contributed by atoms with van der Waals surface area (Å²) in [6.07, 6.45) is 0.336. The summed E-state index contributed by atoms with van der Waals surface area (Å²) in [5, 5.41) is 0. The average Bonchev–Trinajstić information content (AvgIpc) is 2.24. The van der Waals surface area contributed by atoms with Crippen LogP contribution in [0.5, 0.6) is 0 Å². The second kappa shape index (κ2) is 3.66. The molecule has 2 aliphatic rings. The Bertz CT molecular complexity index is 443. The minimum atomic E-state index is -3.57. The van der Waals surface area contributed by atoms with Gasteiger partial charge in [-0.1, -0.05) is 0 Å². The maximum atomic E-state index is 12.0. The molecular formula is C10H18N2O4S. The van der Waals surface area contributed by atoms with Crippen LogP contribution in [0.15, 0.2) is 0 Å². The summed E-state index contributed by atoms with van der Waals surface area (Å²) in [7, 11) is -3.57. The van der Waals surface area contributed by atoms with E-state index >= 15 is 0 Å². The second-order valence-corrected chi connectivity index (χ2v) is 7.36. The van der Waals surface area contributed by atoms with Crippen molar-refractivity contribution in [2.24, 2.45) is 5.73 Å². The third-order valence-electron chi connectivity index (χ3n) is 3.59. The van der Waals surface area contributed by atoms with Crippen molar-refractivity contribution in [3.8, 4) is 0 Å². The van der Waals surface area contributed by atoms with E-state index in [2.05, 4.69) is 0 Å². The predicted octanol–water partition coefficient (Wildman–Crippen LogP) is -0.558. The summed E-state index contributed by atoms with van der Waals surface area (Å²) < 4.78 is 29.0. The maximum Gasteiger partial charge on any atom is 0.259 e.